The van der Waals surface area contributed by atoms with Gasteiger partial charge in [0.05, 0.1) is 0 Å². The number of halogens is 1. The molecule has 0 spiro atoms. The second-order valence-electron chi connectivity index (χ2n) is 6.07. The minimum atomic E-state index is 0.265. The number of nitrogens with zero attached hydrogens (tertiary/aromatic N) is 1. The lowest BCUT2D eigenvalue weighted by molar-refractivity contribution is 0.256. The molecule has 1 heterocycles. The quantitative estimate of drug-likeness (QED) is 0.840. The molecular weight excluding hydrogens is 288 g/mol. The molecule has 20 heavy (non-hydrogen) atoms. The number of rotatable bonds is 5. The zero-order valence-corrected chi connectivity index (χ0v) is 13.4. The monoisotopic (exact) mass is 310 g/mol. The van der Waals surface area contributed by atoms with E-state index in [0.717, 1.165) is 16.7 Å². The molecule has 1 aliphatic heterocycles. The van der Waals surface area contributed by atoms with Crippen molar-refractivity contribution in [2.24, 2.45) is 11.7 Å². The van der Waals surface area contributed by atoms with Crippen LogP contribution in [0.15, 0.2) is 24.3 Å². The molecule has 0 amide bonds. The standard InChI is InChI=1S/C16H23ClN2S/c17-14-3-1-2-12(10-14)11-16(18)13-6-8-19(9-7-13)20-15-4-5-15/h1-3,10,13,15-16H,4-9,11,18H2. The highest BCUT2D eigenvalue weighted by molar-refractivity contribution is 7.97. The normalized spacial score (nSPS) is 22.9. The van der Waals surface area contributed by atoms with Gasteiger partial charge in [-0.05, 0) is 55.7 Å². The Morgan fingerprint density at radius 2 is 2.00 bits per heavy atom. The van der Waals surface area contributed by atoms with Crippen molar-refractivity contribution >= 4 is 23.5 Å². The van der Waals surface area contributed by atoms with Crippen LogP contribution in [0, 0.1) is 5.92 Å². The molecule has 1 atom stereocenters. The summed E-state index contributed by atoms with van der Waals surface area (Å²) in [4.78, 5) is 0. The van der Waals surface area contributed by atoms with E-state index in [2.05, 4.69) is 22.3 Å². The average molecular weight is 311 g/mol. The first-order valence-electron chi connectivity index (χ1n) is 7.62. The molecule has 1 saturated carbocycles. The number of hydrogen-bond donors (Lipinski definition) is 1. The molecule has 3 rings (SSSR count). The summed E-state index contributed by atoms with van der Waals surface area (Å²) >= 11 is 8.12. The van der Waals surface area contributed by atoms with Crippen LogP contribution in [-0.4, -0.2) is 28.7 Å². The minimum absolute atomic E-state index is 0.265. The molecule has 0 bridgehead atoms. The van der Waals surface area contributed by atoms with Gasteiger partial charge in [-0.2, -0.15) is 0 Å². The summed E-state index contributed by atoms with van der Waals surface area (Å²) in [5.74, 6) is 0.657. The lowest BCUT2D eigenvalue weighted by Crippen LogP contribution is -2.39. The zero-order chi connectivity index (χ0) is 13.9. The third-order valence-corrected chi connectivity index (χ3v) is 5.95. The summed E-state index contributed by atoms with van der Waals surface area (Å²) in [5, 5.41) is 1.73. The summed E-state index contributed by atoms with van der Waals surface area (Å²) in [5.41, 5.74) is 7.68. The van der Waals surface area contributed by atoms with E-state index >= 15 is 0 Å². The molecule has 4 heteroatoms. The van der Waals surface area contributed by atoms with Crippen molar-refractivity contribution in [3.8, 4) is 0 Å². The highest BCUT2D eigenvalue weighted by Crippen LogP contribution is 2.38. The Kier molecular flexibility index (Phi) is 4.92. The third-order valence-electron chi connectivity index (χ3n) is 4.29. The third kappa shape index (κ3) is 4.14. The van der Waals surface area contributed by atoms with E-state index in [-0.39, 0.29) is 6.04 Å². The first kappa shape index (κ1) is 14.7. The van der Waals surface area contributed by atoms with Crippen LogP contribution in [0.1, 0.15) is 31.2 Å². The van der Waals surface area contributed by atoms with Crippen molar-refractivity contribution < 1.29 is 0 Å². The number of piperidine rings is 1. The molecule has 0 aromatic heterocycles. The van der Waals surface area contributed by atoms with Gasteiger partial charge in [-0.25, -0.2) is 0 Å². The van der Waals surface area contributed by atoms with Crippen LogP contribution >= 0.6 is 23.5 Å². The summed E-state index contributed by atoms with van der Waals surface area (Å²) in [6.45, 7) is 2.41. The van der Waals surface area contributed by atoms with Crippen LogP contribution in [0.5, 0.6) is 0 Å². The first-order valence-corrected chi connectivity index (χ1v) is 8.84. The van der Waals surface area contributed by atoms with Crippen molar-refractivity contribution in [1.82, 2.24) is 4.31 Å². The lowest BCUT2D eigenvalue weighted by Gasteiger charge is -2.34. The van der Waals surface area contributed by atoms with Crippen molar-refractivity contribution in [2.45, 2.75) is 43.4 Å². The molecular formula is C16H23ClN2S. The van der Waals surface area contributed by atoms with Crippen molar-refractivity contribution in [3.05, 3.63) is 34.9 Å². The van der Waals surface area contributed by atoms with E-state index in [1.807, 2.05) is 18.2 Å². The molecule has 0 radical (unpaired) electrons. The van der Waals surface area contributed by atoms with Gasteiger partial charge in [-0.3, -0.25) is 4.31 Å². The predicted octanol–water partition coefficient (Wildman–Crippen LogP) is 3.73. The Morgan fingerprint density at radius 3 is 2.65 bits per heavy atom. The van der Waals surface area contributed by atoms with E-state index in [0.29, 0.717) is 5.92 Å². The number of nitrogens with two attached hydrogens (primary N) is 1. The molecule has 1 aliphatic carbocycles. The van der Waals surface area contributed by atoms with Gasteiger partial charge in [0.2, 0.25) is 0 Å². The Bertz CT molecular complexity index is 442. The topological polar surface area (TPSA) is 29.3 Å². The Balaban J connectivity index is 1.47. The fourth-order valence-electron chi connectivity index (χ4n) is 2.90. The molecule has 1 saturated heterocycles. The van der Waals surface area contributed by atoms with Crippen molar-refractivity contribution in [3.63, 3.8) is 0 Å². The van der Waals surface area contributed by atoms with Crippen molar-refractivity contribution in [1.29, 1.82) is 0 Å². The second kappa shape index (κ2) is 6.69. The molecule has 1 aromatic rings. The van der Waals surface area contributed by atoms with Gasteiger partial charge in [-0.1, -0.05) is 35.7 Å². The van der Waals surface area contributed by atoms with E-state index in [4.69, 9.17) is 17.3 Å². The van der Waals surface area contributed by atoms with Gasteiger partial charge in [-0.15, -0.1) is 0 Å². The maximum absolute atomic E-state index is 6.42. The number of hydrogen-bond acceptors (Lipinski definition) is 3. The molecule has 2 aliphatic rings. The van der Waals surface area contributed by atoms with Gasteiger partial charge in [0.1, 0.15) is 0 Å². The van der Waals surface area contributed by atoms with Crippen LogP contribution in [0.4, 0.5) is 0 Å². The minimum Gasteiger partial charge on any atom is -0.327 e. The molecule has 2 nitrogen and oxygen atoms in total. The summed E-state index contributed by atoms with van der Waals surface area (Å²) in [7, 11) is 0. The maximum atomic E-state index is 6.42. The van der Waals surface area contributed by atoms with E-state index < -0.39 is 0 Å². The Labute approximate surface area is 131 Å². The summed E-state index contributed by atoms with van der Waals surface area (Å²) < 4.78 is 2.56. The smallest absolute Gasteiger partial charge is 0.0408 e. The number of benzene rings is 1. The Hall–Kier alpha value is -0.220. The van der Waals surface area contributed by atoms with E-state index in [1.165, 1.54) is 44.3 Å². The highest BCUT2D eigenvalue weighted by atomic mass is 35.5. The molecule has 1 unspecified atom stereocenters. The summed E-state index contributed by atoms with van der Waals surface area (Å²) in [6.07, 6.45) is 6.25. The molecule has 2 fully saturated rings. The summed E-state index contributed by atoms with van der Waals surface area (Å²) in [6, 6.07) is 8.37. The highest BCUT2D eigenvalue weighted by Gasteiger charge is 2.29. The van der Waals surface area contributed by atoms with Gasteiger partial charge >= 0.3 is 0 Å². The second-order valence-corrected chi connectivity index (χ2v) is 7.90. The maximum Gasteiger partial charge on any atom is 0.0408 e. The van der Waals surface area contributed by atoms with Crippen LogP contribution in [0.2, 0.25) is 5.02 Å². The fraction of sp³-hybridized carbons (Fsp3) is 0.625. The first-order chi connectivity index (χ1) is 9.70. The molecule has 1 aromatic carbocycles. The van der Waals surface area contributed by atoms with Gasteiger partial charge < -0.3 is 5.73 Å². The molecule has 110 valence electrons. The Morgan fingerprint density at radius 1 is 1.25 bits per heavy atom. The van der Waals surface area contributed by atoms with Gasteiger partial charge in [0, 0.05) is 29.4 Å². The fourth-order valence-corrected chi connectivity index (χ4v) is 4.30. The van der Waals surface area contributed by atoms with E-state index in [9.17, 15) is 0 Å². The predicted molar refractivity (Wildman–Crippen MR) is 88.0 cm³/mol. The zero-order valence-electron chi connectivity index (χ0n) is 11.8. The average Bonchev–Trinajstić information content (AvgIpc) is 3.23. The van der Waals surface area contributed by atoms with Crippen LogP contribution < -0.4 is 5.73 Å². The van der Waals surface area contributed by atoms with E-state index in [1.54, 1.807) is 0 Å². The van der Waals surface area contributed by atoms with Crippen LogP contribution in [0.25, 0.3) is 0 Å². The van der Waals surface area contributed by atoms with Gasteiger partial charge in [0.25, 0.3) is 0 Å². The largest absolute Gasteiger partial charge is 0.327 e. The van der Waals surface area contributed by atoms with Crippen molar-refractivity contribution in [2.75, 3.05) is 13.1 Å². The molecule has 2 N–H and O–H groups in total. The SMILES string of the molecule is NC(Cc1cccc(Cl)c1)C1CCN(SC2CC2)CC1. The van der Waals surface area contributed by atoms with Crippen LogP contribution in [-0.2, 0) is 6.42 Å². The van der Waals surface area contributed by atoms with Gasteiger partial charge in [0.15, 0.2) is 0 Å². The van der Waals surface area contributed by atoms with Crippen LogP contribution in [0.3, 0.4) is 0 Å². The lowest BCUT2D eigenvalue weighted by atomic mass is 9.87.